The third-order valence-electron chi connectivity index (χ3n) is 4.75. The molecule has 0 unspecified atom stereocenters. The highest BCUT2D eigenvalue weighted by molar-refractivity contribution is 7.10. The van der Waals surface area contributed by atoms with Crippen molar-refractivity contribution in [3.05, 3.63) is 21.9 Å². The molecule has 1 fully saturated rings. The first-order chi connectivity index (χ1) is 9.25. The van der Waals surface area contributed by atoms with Crippen LogP contribution in [0, 0.1) is 5.41 Å². The van der Waals surface area contributed by atoms with Crippen LogP contribution in [0.15, 0.2) is 11.4 Å². The molecule has 4 heteroatoms. The standard InChI is InChI=1S/C15H22N2OS/c16-11-15(6-2-1-3-7-15)14(18)17-8-4-13-12(10-17)5-9-19-13/h5,9H,1-4,6-8,10-11,16H2. The second kappa shape index (κ2) is 5.25. The van der Waals surface area contributed by atoms with Gasteiger partial charge in [-0.3, -0.25) is 4.79 Å². The summed E-state index contributed by atoms with van der Waals surface area (Å²) in [6.07, 6.45) is 6.54. The van der Waals surface area contributed by atoms with Crippen LogP contribution >= 0.6 is 11.3 Å². The zero-order chi connectivity index (χ0) is 13.3. The molecule has 0 saturated heterocycles. The predicted octanol–water partition coefficient (Wildman–Crippen LogP) is 2.54. The minimum absolute atomic E-state index is 0.258. The molecule has 2 heterocycles. The van der Waals surface area contributed by atoms with Crippen LogP contribution in [-0.4, -0.2) is 23.9 Å². The molecule has 0 bridgehead atoms. The Balaban J connectivity index is 1.77. The number of nitrogens with two attached hydrogens (primary N) is 1. The molecule has 1 aromatic heterocycles. The van der Waals surface area contributed by atoms with Gasteiger partial charge in [-0.05, 0) is 36.3 Å². The van der Waals surface area contributed by atoms with E-state index in [1.165, 1.54) is 16.9 Å². The van der Waals surface area contributed by atoms with Crippen molar-refractivity contribution in [3.63, 3.8) is 0 Å². The lowest BCUT2D eigenvalue weighted by Gasteiger charge is -2.40. The number of carbonyl (C=O) groups excluding carboxylic acids is 1. The summed E-state index contributed by atoms with van der Waals surface area (Å²) in [7, 11) is 0. The van der Waals surface area contributed by atoms with Crippen molar-refractivity contribution in [2.45, 2.75) is 45.1 Å². The molecule has 1 aliphatic heterocycles. The number of rotatable bonds is 2. The molecule has 0 radical (unpaired) electrons. The Hall–Kier alpha value is -0.870. The molecule has 0 spiro atoms. The highest BCUT2D eigenvalue weighted by Crippen LogP contribution is 2.38. The van der Waals surface area contributed by atoms with Crippen LogP contribution in [0.5, 0.6) is 0 Å². The molecule has 19 heavy (non-hydrogen) atoms. The van der Waals surface area contributed by atoms with E-state index in [2.05, 4.69) is 11.4 Å². The molecule has 2 aliphatic rings. The van der Waals surface area contributed by atoms with Crippen molar-refractivity contribution in [1.29, 1.82) is 0 Å². The summed E-state index contributed by atoms with van der Waals surface area (Å²) in [6, 6.07) is 2.16. The zero-order valence-electron chi connectivity index (χ0n) is 11.4. The quantitative estimate of drug-likeness (QED) is 0.903. The number of amides is 1. The smallest absolute Gasteiger partial charge is 0.230 e. The van der Waals surface area contributed by atoms with Gasteiger partial charge in [0.1, 0.15) is 0 Å². The zero-order valence-corrected chi connectivity index (χ0v) is 12.2. The van der Waals surface area contributed by atoms with Gasteiger partial charge >= 0.3 is 0 Å². The Morgan fingerprint density at radius 2 is 2.16 bits per heavy atom. The molecule has 1 saturated carbocycles. The average Bonchev–Trinajstić information content (AvgIpc) is 2.94. The summed E-state index contributed by atoms with van der Waals surface area (Å²) in [6.45, 7) is 2.17. The Morgan fingerprint density at radius 3 is 2.89 bits per heavy atom. The van der Waals surface area contributed by atoms with Crippen molar-refractivity contribution in [3.8, 4) is 0 Å². The van der Waals surface area contributed by atoms with Gasteiger partial charge < -0.3 is 10.6 Å². The maximum absolute atomic E-state index is 12.9. The van der Waals surface area contributed by atoms with Gasteiger partial charge in [-0.15, -0.1) is 11.3 Å². The summed E-state index contributed by atoms with van der Waals surface area (Å²) in [5, 5.41) is 2.14. The van der Waals surface area contributed by atoms with E-state index in [0.29, 0.717) is 12.5 Å². The Labute approximate surface area is 118 Å². The van der Waals surface area contributed by atoms with Crippen LogP contribution in [0.1, 0.15) is 42.5 Å². The average molecular weight is 278 g/mol. The topological polar surface area (TPSA) is 46.3 Å². The van der Waals surface area contributed by atoms with E-state index in [0.717, 1.165) is 45.2 Å². The van der Waals surface area contributed by atoms with Crippen LogP contribution in [0.4, 0.5) is 0 Å². The number of nitrogens with zero attached hydrogens (tertiary/aromatic N) is 1. The maximum Gasteiger partial charge on any atom is 0.230 e. The number of hydrogen-bond donors (Lipinski definition) is 1. The number of fused-ring (bicyclic) bond motifs is 1. The van der Waals surface area contributed by atoms with Gasteiger partial charge in [0, 0.05) is 24.5 Å². The van der Waals surface area contributed by atoms with E-state index in [9.17, 15) is 4.79 Å². The van der Waals surface area contributed by atoms with Crippen LogP contribution < -0.4 is 5.73 Å². The van der Waals surface area contributed by atoms with Crippen molar-refractivity contribution in [2.24, 2.45) is 11.1 Å². The molecule has 1 amide bonds. The fourth-order valence-electron chi connectivity index (χ4n) is 3.49. The fourth-order valence-corrected chi connectivity index (χ4v) is 4.38. The third-order valence-corrected chi connectivity index (χ3v) is 5.77. The van der Waals surface area contributed by atoms with Crippen LogP contribution in [0.2, 0.25) is 0 Å². The normalized spacial score (nSPS) is 22.1. The largest absolute Gasteiger partial charge is 0.337 e. The van der Waals surface area contributed by atoms with E-state index in [4.69, 9.17) is 5.73 Å². The first kappa shape index (κ1) is 13.1. The van der Waals surface area contributed by atoms with Crippen LogP contribution in [-0.2, 0) is 17.8 Å². The lowest BCUT2D eigenvalue weighted by atomic mass is 9.73. The van der Waals surface area contributed by atoms with Gasteiger partial charge in [0.05, 0.1) is 5.41 Å². The molecule has 3 rings (SSSR count). The van der Waals surface area contributed by atoms with Crippen molar-refractivity contribution in [1.82, 2.24) is 4.90 Å². The second-order valence-corrected chi connectivity index (χ2v) is 6.89. The molecular formula is C15H22N2OS. The SMILES string of the molecule is NCC1(C(=O)N2CCc3sccc3C2)CCCCC1. The highest BCUT2D eigenvalue weighted by atomic mass is 32.1. The molecule has 1 aromatic rings. The summed E-state index contributed by atoms with van der Waals surface area (Å²) in [5.41, 5.74) is 7.06. The van der Waals surface area contributed by atoms with Crippen molar-refractivity contribution >= 4 is 17.2 Å². The van der Waals surface area contributed by atoms with E-state index >= 15 is 0 Å². The summed E-state index contributed by atoms with van der Waals surface area (Å²) < 4.78 is 0. The number of carbonyl (C=O) groups is 1. The first-order valence-corrected chi connectivity index (χ1v) is 8.18. The second-order valence-electron chi connectivity index (χ2n) is 5.89. The fraction of sp³-hybridized carbons (Fsp3) is 0.667. The van der Waals surface area contributed by atoms with Crippen LogP contribution in [0.25, 0.3) is 0 Å². The van der Waals surface area contributed by atoms with Crippen LogP contribution in [0.3, 0.4) is 0 Å². The summed E-state index contributed by atoms with van der Waals surface area (Å²) >= 11 is 1.82. The van der Waals surface area contributed by atoms with Gasteiger partial charge in [-0.2, -0.15) is 0 Å². The maximum atomic E-state index is 12.9. The van der Waals surface area contributed by atoms with Gasteiger partial charge in [-0.25, -0.2) is 0 Å². The Kier molecular flexibility index (Phi) is 3.63. The number of hydrogen-bond acceptors (Lipinski definition) is 3. The van der Waals surface area contributed by atoms with E-state index in [1.54, 1.807) is 0 Å². The molecule has 2 N–H and O–H groups in total. The van der Waals surface area contributed by atoms with E-state index < -0.39 is 0 Å². The molecule has 3 nitrogen and oxygen atoms in total. The van der Waals surface area contributed by atoms with E-state index in [1.807, 2.05) is 16.2 Å². The monoisotopic (exact) mass is 278 g/mol. The van der Waals surface area contributed by atoms with Gasteiger partial charge in [0.15, 0.2) is 0 Å². The summed E-state index contributed by atoms with van der Waals surface area (Å²) in [5.74, 6) is 0.312. The lowest BCUT2D eigenvalue weighted by molar-refractivity contribution is -0.144. The first-order valence-electron chi connectivity index (χ1n) is 7.30. The molecule has 104 valence electrons. The van der Waals surface area contributed by atoms with E-state index in [-0.39, 0.29) is 5.41 Å². The predicted molar refractivity (Wildman–Crippen MR) is 78.0 cm³/mol. The Morgan fingerprint density at radius 1 is 1.37 bits per heavy atom. The Bertz CT molecular complexity index is 462. The molecule has 0 aromatic carbocycles. The third kappa shape index (κ3) is 2.32. The minimum Gasteiger partial charge on any atom is -0.337 e. The number of thiophene rings is 1. The molecule has 1 aliphatic carbocycles. The van der Waals surface area contributed by atoms with Gasteiger partial charge in [0.2, 0.25) is 5.91 Å². The highest BCUT2D eigenvalue weighted by Gasteiger charge is 2.41. The van der Waals surface area contributed by atoms with Gasteiger partial charge in [0.25, 0.3) is 0 Å². The molecular weight excluding hydrogens is 256 g/mol. The van der Waals surface area contributed by atoms with Crippen molar-refractivity contribution < 1.29 is 4.79 Å². The summed E-state index contributed by atoms with van der Waals surface area (Å²) in [4.78, 5) is 16.4. The van der Waals surface area contributed by atoms with Crippen molar-refractivity contribution in [2.75, 3.05) is 13.1 Å². The minimum atomic E-state index is -0.258. The molecule has 0 atom stereocenters. The van der Waals surface area contributed by atoms with Gasteiger partial charge in [-0.1, -0.05) is 19.3 Å². The lowest BCUT2D eigenvalue weighted by Crippen LogP contribution is -2.50.